The Morgan fingerprint density at radius 3 is 2.35 bits per heavy atom. The summed E-state index contributed by atoms with van der Waals surface area (Å²) in [6, 6.07) is 0. The van der Waals surface area contributed by atoms with Crippen molar-refractivity contribution < 1.29 is 9.53 Å². The summed E-state index contributed by atoms with van der Waals surface area (Å²) >= 11 is 0. The Bertz CT molecular complexity index is 660. The number of rotatable bonds is 7. The molecule has 8 nitrogen and oxygen atoms in total. The highest BCUT2D eigenvalue weighted by Crippen LogP contribution is 2.19. The minimum absolute atomic E-state index is 0.000926. The standard InChI is InChI=1S/C15H26N4O4/c1-9(2)6-18(11(20)8-23-5)12-13(16)19(7-10(3)4)15(22)17-14(12)21/h9-10H,6-8,16H2,1-5H3,(H,17,21,22). The lowest BCUT2D eigenvalue weighted by atomic mass is 10.2. The molecule has 23 heavy (non-hydrogen) atoms. The third-order valence-corrected chi connectivity index (χ3v) is 3.15. The smallest absolute Gasteiger partial charge is 0.330 e. The van der Waals surface area contributed by atoms with Gasteiger partial charge in [0.25, 0.3) is 11.5 Å². The first-order valence-electron chi connectivity index (χ1n) is 7.60. The summed E-state index contributed by atoms with van der Waals surface area (Å²) in [7, 11) is 1.40. The van der Waals surface area contributed by atoms with Gasteiger partial charge in [-0.2, -0.15) is 0 Å². The SMILES string of the molecule is COCC(=O)N(CC(C)C)c1c(N)n(CC(C)C)c(=O)[nH]c1=O. The molecule has 0 aliphatic rings. The molecule has 0 unspecified atom stereocenters. The normalized spacial score (nSPS) is 11.3. The Morgan fingerprint density at radius 2 is 1.87 bits per heavy atom. The van der Waals surface area contributed by atoms with E-state index in [0.29, 0.717) is 13.1 Å². The van der Waals surface area contributed by atoms with Crippen LogP contribution in [0.2, 0.25) is 0 Å². The number of nitrogens with zero attached hydrogens (tertiary/aromatic N) is 2. The maximum Gasteiger partial charge on any atom is 0.330 e. The van der Waals surface area contributed by atoms with Crippen LogP contribution in [0.15, 0.2) is 9.59 Å². The van der Waals surface area contributed by atoms with Gasteiger partial charge in [0.05, 0.1) is 0 Å². The molecule has 0 aliphatic carbocycles. The van der Waals surface area contributed by atoms with Crippen LogP contribution < -0.4 is 21.9 Å². The highest BCUT2D eigenvalue weighted by molar-refractivity contribution is 5.96. The maximum absolute atomic E-state index is 12.3. The number of carbonyl (C=O) groups is 1. The average molecular weight is 326 g/mol. The quantitative estimate of drug-likeness (QED) is 0.754. The van der Waals surface area contributed by atoms with Gasteiger partial charge < -0.3 is 15.4 Å². The number of aromatic nitrogens is 2. The van der Waals surface area contributed by atoms with E-state index in [-0.39, 0.29) is 35.9 Å². The number of amides is 1. The van der Waals surface area contributed by atoms with Crippen molar-refractivity contribution >= 4 is 17.4 Å². The minimum atomic E-state index is -0.669. The average Bonchev–Trinajstić information content (AvgIpc) is 2.41. The summed E-state index contributed by atoms with van der Waals surface area (Å²) < 4.78 is 6.16. The molecule has 130 valence electrons. The van der Waals surface area contributed by atoms with E-state index < -0.39 is 11.2 Å². The Hall–Kier alpha value is -2.09. The Balaban J connectivity index is 3.49. The van der Waals surface area contributed by atoms with Gasteiger partial charge in [-0.25, -0.2) is 4.79 Å². The molecule has 1 amide bonds. The predicted molar refractivity (Wildman–Crippen MR) is 89.6 cm³/mol. The highest BCUT2D eigenvalue weighted by atomic mass is 16.5. The van der Waals surface area contributed by atoms with Gasteiger partial charge >= 0.3 is 5.69 Å². The van der Waals surface area contributed by atoms with Gasteiger partial charge in [0, 0.05) is 20.2 Å². The van der Waals surface area contributed by atoms with E-state index in [9.17, 15) is 14.4 Å². The van der Waals surface area contributed by atoms with Gasteiger partial charge in [-0.15, -0.1) is 0 Å². The van der Waals surface area contributed by atoms with Crippen LogP contribution in [0.25, 0.3) is 0 Å². The molecule has 1 aromatic rings. The molecular weight excluding hydrogens is 300 g/mol. The molecule has 3 N–H and O–H groups in total. The second-order valence-corrected chi connectivity index (χ2v) is 6.33. The van der Waals surface area contributed by atoms with Crippen LogP contribution in [-0.2, 0) is 16.1 Å². The number of nitrogen functional groups attached to an aromatic ring is 1. The zero-order valence-corrected chi connectivity index (χ0v) is 14.4. The molecule has 0 bridgehead atoms. The number of hydrogen-bond acceptors (Lipinski definition) is 5. The van der Waals surface area contributed by atoms with Crippen LogP contribution in [-0.4, -0.2) is 35.7 Å². The number of carbonyl (C=O) groups excluding carboxylic acids is 1. The number of nitrogens with one attached hydrogen (secondary N) is 1. The zero-order chi connectivity index (χ0) is 17.7. The molecule has 1 aromatic heterocycles. The van der Waals surface area contributed by atoms with Crippen molar-refractivity contribution in [3.8, 4) is 0 Å². The molecule has 0 aliphatic heterocycles. The van der Waals surface area contributed by atoms with Crippen LogP contribution in [0.5, 0.6) is 0 Å². The van der Waals surface area contributed by atoms with Gasteiger partial charge in [-0.3, -0.25) is 19.1 Å². The van der Waals surface area contributed by atoms with Gasteiger partial charge in [0.1, 0.15) is 12.4 Å². The first-order valence-corrected chi connectivity index (χ1v) is 7.60. The molecule has 1 rings (SSSR count). The van der Waals surface area contributed by atoms with Gasteiger partial charge in [-0.05, 0) is 11.8 Å². The molecule has 0 saturated heterocycles. The fraction of sp³-hybridized carbons (Fsp3) is 0.667. The third-order valence-electron chi connectivity index (χ3n) is 3.15. The van der Waals surface area contributed by atoms with Crippen LogP contribution in [0.4, 0.5) is 11.5 Å². The van der Waals surface area contributed by atoms with Crippen molar-refractivity contribution in [3.63, 3.8) is 0 Å². The minimum Gasteiger partial charge on any atom is -0.383 e. The largest absolute Gasteiger partial charge is 0.383 e. The maximum atomic E-state index is 12.3. The predicted octanol–water partition coefficient (Wildman–Crippen LogP) is 0.410. The Morgan fingerprint density at radius 1 is 1.26 bits per heavy atom. The van der Waals surface area contributed by atoms with Gasteiger partial charge in [0.15, 0.2) is 5.69 Å². The molecule has 0 atom stereocenters. The molecule has 0 spiro atoms. The lowest BCUT2D eigenvalue weighted by Gasteiger charge is -2.26. The van der Waals surface area contributed by atoms with Crippen molar-refractivity contribution in [1.82, 2.24) is 9.55 Å². The Kier molecular flexibility index (Phi) is 6.56. The molecule has 0 aromatic carbocycles. The number of hydrogen-bond donors (Lipinski definition) is 2. The van der Waals surface area contributed by atoms with Crippen LogP contribution >= 0.6 is 0 Å². The molecular formula is C15H26N4O4. The first kappa shape index (κ1) is 19.0. The summed E-state index contributed by atoms with van der Waals surface area (Å²) in [4.78, 5) is 40.1. The second kappa shape index (κ2) is 7.96. The van der Waals surface area contributed by atoms with Crippen molar-refractivity contribution in [2.75, 3.05) is 30.9 Å². The van der Waals surface area contributed by atoms with E-state index in [0.717, 1.165) is 0 Å². The van der Waals surface area contributed by atoms with Gasteiger partial charge in [0.2, 0.25) is 0 Å². The molecule has 0 radical (unpaired) electrons. The number of H-pyrrole nitrogens is 1. The van der Waals surface area contributed by atoms with Gasteiger partial charge in [-0.1, -0.05) is 27.7 Å². The summed E-state index contributed by atoms with van der Waals surface area (Å²) in [6.45, 7) is 8.17. The topological polar surface area (TPSA) is 110 Å². The van der Waals surface area contributed by atoms with Crippen LogP contribution in [0.1, 0.15) is 27.7 Å². The second-order valence-electron chi connectivity index (χ2n) is 6.33. The number of nitrogens with two attached hydrogens (primary N) is 1. The number of methoxy groups -OCH3 is 1. The fourth-order valence-electron chi connectivity index (χ4n) is 2.27. The molecule has 8 heteroatoms. The summed E-state index contributed by atoms with van der Waals surface area (Å²) in [5.41, 5.74) is 4.81. The monoisotopic (exact) mass is 326 g/mol. The molecule has 0 fully saturated rings. The lowest BCUT2D eigenvalue weighted by Crippen LogP contribution is -2.44. The summed E-state index contributed by atoms with van der Waals surface area (Å²) in [6.07, 6.45) is 0. The zero-order valence-electron chi connectivity index (χ0n) is 14.4. The van der Waals surface area contributed by atoms with Crippen LogP contribution in [0, 0.1) is 11.8 Å². The Labute approximate surface area is 135 Å². The van der Waals surface area contributed by atoms with E-state index in [4.69, 9.17) is 10.5 Å². The third kappa shape index (κ3) is 4.69. The first-order chi connectivity index (χ1) is 10.7. The summed E-state index contributed by atoms with van der Waals surface area (Å²) in [5.74, 6) is -0.118. The molecule has 1 heterocycles. The van der Waals surface area contributed by atoms with Crippen LogP contribution in [0.3, 0.4) is 0 Å². The fourth-order valence-corrected chi connectivity index (χ4v) is 2.27. The van der Waals surface area contributed by atoms with Crippen molar-refractivity contribution in [3.05, 3.63) is 20.8 Å². The number of aromatic amines is 1. The molecule has 0 saturated carbocycles. The van der Waals surface area contributed by atoms with E-state index in [1.54, 1.807) is 0 Å². The van der Waals surface area contributed by atoms with Crippen molar-refractivity contribution in [1.29, 1.82) is 0 Å². The van der Waals surface area contributed by atoms with E-state index >= 15 is 0 Å². The van der Waals surface area contributed by atoms with Crippen molar-refractivity contribution in [2.45, 2.75) is 34.2 Å². The van der Waals surface area contributed by atoms with E-state index in [1.807, 2.05) is 27.7 Å². The number of ether oxygens (including phenoxy) is 1. The number of anilines is 2. The highest BCUT2D eigenvalue weighted by Gasteiger charge is 2.24. The van der Waals surface area contributed by atoms with E-state index in [1.165, 1.54) is 16.6 Å². The summed E-state index contributed by atoms with van der Waals surface area (Å²) in [5, 5.41) is 0. The van der Waals surface area contributed by atoms with Crippen molar-refractivity contribution in [2.24, 2.45) is 11.8 Å². The van der Waals surface area contributed by atoms with E-state index in [2.05, 4.69) is 4.98 Å². The lowest BCUT2D eigenvalue weighted by molar-refractivity contribution is -0.122.